The summed E-state index contributed by atoms with van der Waals surface area (Å²) in [4.78, 5) is 10.7. The number of nitro groups is 1. The molecule has 0 amide bonds. The van der Waals surface area contributed by atoms with E-state index in [2.05, 4.69) is 26.3 Å². The van der Waals surface area contributed by atoms with Crippen LogP contribution in [0, 0.1) is 17.0 Å². The number of hydrogen-bond donors (Lipinski definition) is 1. The largest absolute Gasteiger partial charge is 0.495 e. The van der Waals surface area contributed by atoms with Crippen LogP contribution in [0.1, 0.15) is 5.69 Å². The van der Waals surface area contributed by atoms with Crippen LogP contribution in [0.25, 0.3) is 0 Å². The van der Waals surface area contributed by atoms with Gasteiger partial charge in [0.2, 0.25) is 5.82 Å². The molecular weight excluding hydrogens is 356 g/mol. The standard InChI is InChI=1S/C13H15BrN4O4/c1-7-12(18(19)20)13(17(2)16-7)15-8-5-9(21-3)11(14)10(6-8)22-4/h5-6,15H,1-4H3. The monoisotopic (exact) mass is 370 g/mol. The summed E-state index contributed by atoms with van der Waals surface area (Å²) >= 11 is 3.37. The fraction of sp³-hybridized carbons (Fsp3) is 0.308. The Bertz CT molecular complexity index is 704. The Balaban J connectivity index is 2.50. The van der Waals surface area contributed by atoms with Crippen LogP contribution >= 0.6 is 15.9 Å². The first kappa shape index (κ1) is 16.1. The van der Waals surface area contributed by atoms with Crippen molar-refractivity contribution in [3.8, 4) is 11.5 Å². The van der Waals surface area contributed by atoms with E-state index in [4.69, 9.17) is 9.47 Å². The summed E-state index contributed by atoms with van der Waals surface area (Å²) in [5.74, 6) is 1.38. The minimum atomic E-state index is -0.460. The molecule has 0 aliphatic rings. The molecule has 9 heteroatoms. The van der Waals surface area contributed by atoms with Crippen molar-refractivity contribution in [1.29, 1.82) is 0 Å². The highest BCUT2D eigenvalue weighted by Gasteiger charge is 2.24. The third-order valence-electron chi connectivity index (χ3n) is 3.08. The highest BCUT2D eigenvalue weighted by Crippen LogP contribution is 2.39. The summed E-state index contributed by atoms with van der Waals surface area (Å²) in [5, 5.41) is 18.3. The van der Waals surface area contributed by atoms with Gasteiger partial charge in [0.25, 0.3) is 0 Å². The van der Waals surface area contributed by atoms with Crippen molar-refractivity contribution >= 4 is 33.1 Å². The van der Waals surface area contributed by atoms with Gasteiger partial charge in [-0.15, -0.1) is 0 Å². The Kier molecular flexibility index (Phi) is 4.55. The van der Waals surface area contributed by atoms with Gasteiger partial charge < -0.3 is 14.8 Å². The quantitative estimate of drug-likeness (QED) is 0.641. The minimum absolute atomic E-state index is 0.0663. The number of benzene rings is 1. The summed E-state index contributed by atoms with van der Waals surface area (Å²) in [5.41, 5.74) is 0.859. The lowest BCUT2D eigenvalue weighted by atomic mass is 10.2. The number of ether oxygens (including phenoxy) is 2. The van der Waals surface area contributed by atoms with Crippen molar-refractivity contribution in [2.24, 2.45) is 7.05 Å². The SMILES string of the molecule is COc1cc(Nc2c([N+](=O)[O-])c(C)nn2C)cc(OC)c1Br. The Morgan fingerprint density at radius 2 is 1.86 bits per heavy atom. The fourth-order valence-corrected chi connectivity index (χ4v) is 2.64. The summed E-state index contributed by atoms with van der Waals surface area (Å²) in [6.45, 7) is 1.59. The average Bonchev–Trinajstić information content (AvgIpc) is 2.74. The molecule has 0 saturated heterocycles. The lowest BCUT2D eigenvalue weighted by Crippen LogP contribution is -2.02. The maximum atomic E-state index is 11.2. The predicted octanol–water partition coefficient (Wildman–Crippen LogP) is 3.16. The molecule has 0 spiro atoms. The molecule has 1 aromatic heterocycles. The van der Waals surface area contributed by atoms with E-state index in [1.54, 1.807) is 26.1 Å². The Morgan fingerprint density at radius 3 is 2.32 bits per heavy atom. The van der Waals surface area contributed by atoms with Crippen LogP contribution in [0.4, 0.5) is 17.2 Å². The van der Waals surface area contributed by atoms with Gasteiger partial charge in [-0.2, -0.15) is 5.10 Å². The summed E-state index contributed by atoms with van der Waals surface area (Å²) in [6.07, 6.45) is 0. The van der Waals surface area contributed by atoms with Crippen LogP contribution in [0.15, 0.2) is 16.6 Å². The molecule has 0 fully saturated rings. The Hall–Kier alpha value is -2.29. The van der Waals surface area contributed by atoms with Gasteiger partial charge in [-0.25, -0.2) is 4.68 Å². The van der Waals surface area contributed by atoms with E-state index in [1.807, 2.05) is 0 Å². The van der Waals surface area contributed by atoms with Crippen LogP contribution in [0.2, 0.25) is 0 Å². The smallest absolute Gasteiger partial charge is 0.334 e. The predicted molar refractivity (Wildman–Crippen MR) is 85.1 cm³/mol. The lowest BCUT2D eigenvalue weighted by Gasteiger charge is -2.12. The first-order valence-electron chi connectivity index (χ1n) is 6.25. The fourth-order valence-electron chi connectivity index (χ4n) is 2.08. The minimum Gasteiger partial charge on any atom is -0.495 e. The van der Waals surface area contributed by atoms with Gasteiger partial charge in [-0.05, 0) is 22.9 Å². The number of hydrogen-bond acceptors (Lipinski definition) is 6. The van der Waals surface area contributed by atoms with Crippen LogP contribution in [-0.4, -0.2) is 28.9 Å². The number of anilines is 2. The molecule has 8 nitrogen and oxygen atoms in total. The second-order valence-corrected chi connectivity index (χ2v) is 5.28. The third kappa shape index (κ3) is 2.84. The summed E-state index contributed by atoms with van der Waals surface area (Å²) in [6, 6.07) is 3.41. The normalized spacial score (nSPS) is 10.4. The van der Waals surface area contributed by atoms with Crippen molar-refractivity contribution < 1.29 is 14.4 Å². The second kappa shape index (κ2) is 6.22. The van der Waals surface area contributed by atoms with Crippen molar-refractivity contribution in [3.63, 3.8) is 0 Å². The van der Waals surface area contributed by atoms with E-state index in [9.17, 15) is 10.1 Å². The average molecular weight is 371 g/mol. The molecule has 1 aromatic carbocycles. The molecule has 0 unspecified atom stereocenters. The van der Waals surface area contributed by atoms with Gasteiger partial charge in [0.15, 0.2) is 0 Å². The second-order valence-electron chi connectivity index (χ2n) is 4.48. The van der Waals surface area contributed by atoms with Gasteiger partial charge >= 0.3 is 5.69 Å². The number of aryl methyl sites for hydroxylation is 2. The summed E-state index contributed by atoms with van der Waals surface area (Å²) < 4.78 is 12.6. The molecule has 0 radical (unpaired) electrons. The zero-order valence-corrected chi connectivity index (χ0v) is 14.1. The maximum Gasteiger partial charge on any atom is 0.334 e. The van der Waals surface area contributed by atoms with E-state index >= 15 is 0 Å². The molecule has 0 aliphatic heterocycles. The first-order valence-corrected chi connectivity index (χ1v) is 7.04. The topological polar surface area (TPSA) is 91.5 Å². The molecule has 22 heavy (non-hydrogen) atoms. The molecule has 1 heterocycles. The molecule has 0 saturated carbocycles. The van der Waals surface area contributed by atoms with Gasteiger partial charge in [0, 0.05) is 24.9 Å². The van der Waals surface area contributed by atoms with Gasteiger partial charge in [0.1, 0.15) is 21.7 Å². The Labute approximate surface area is 135 Å². The van der Waals surface area contributed by atoms with Crippen LogP contribution in [-0.2, 0) is 7.05 Å². The van der Waals surface area contributed by atoms with Crippen LogP contribution in [0.3, 0.4) is 0 Å². The van der Waals surface area contributed by atoms with E-state index in [0.717, 1.165) is 0 Å². The van der Waals surface area contributed by atoms with Crippen molar-refractivity contribution in [3.05, 3.63) is 32.4 Å². The molecular formula is C13H15BrN4O4. The van der Waals surface area contributed by atoms with Gasteiger partial charge in [0.05, 0.1) is 19.1 Å². The van der Waals surface area contributed by atoms with E-state index in [0.29, 0.717) is 27.4 Å². The number of nitrogens with one attached hydrogen (secondary N) is 1. The van der Waals surface area contributed by atoms with Crippen molar-refractivity contribution in [1.82, 2.24) is 9.78 Å². The van der Waals surface area contributed by atoms with Gasteiger partial charge in [-0.1, -0.05) is 0 Å². The molecule has 1 N–H and O–H groups in total. The maximum absolute atomic E-state index is 11.2. The third-order valence-corrected chi connectivity index (χ3v) is 3.86. The number of rotatable bonds is 5. The molecule has 2 aromatic rings. The Morgan fingerprint density at radius 1 is 1.32 bits per heavy atom. The number of nitrogens with zero attached hydrogens (tertiary/aromatic N) is 3. The highest BCUT2D eigenvalue weighted by molar-refractivity contribution is 9.10. The zero-order chi connectivity index (χ0) is 16.4. The molecule has 0 aliphatic carbocycles. The van der Waals surface area contributed by atoms with Crippen molar-refractivity contribution in [2.75, 3.05) is 19.5 Å². The number of methoxy groups -OCH3 is 2. The zero-order valence-electron chi connectivity index (χ0n) is 12.5. The molecule has 0 bridgehead atoms. The van der Waals surface area contributed by atoms with E-state index < -0.39 is 4.92 Å². The lowest BCUT2D eigenvalue weighted by molar-refractivity contribution is -0.384. The van der Waals surface area contributed by atoms with Gasteiger partial charge in [-0.3, -0.25) is 10.1 Å². The van der Waals surface area contributed by atoms with Crippen LogP contribution in [0.5, 0.6) is 11.5 Å². The molecule has 2 rings (SSSR count). The van der Waals surface area contributed by atoms with E-state index in [-0.39, 0.29) is 11.5 Å². The highest BCUT2D eigenvalue weighted by atomic mass is 79.9. The molecule has 0 atom stereocenters. The number of aromatic nitrogens is 2. The van der Waals surface area contributed by atoms with Crippen LogP contribution < -0.4 is 14.8 Å². The number of halogens is 1. The van der Waals surface area contributed by atoms with E-state index in [1.165, 1.54) is 18.9 Å². The molecule has 118 valence electrons. The summed E-state index contributed by atoms with van der Waals surface area (Å²) in [7, 11) is 4.69. The first-order chi connectivity index (χ1) is 10.4. The van der Waals surface area contributed by atoms with Crippen molar-refractivity contribution in [2.45, 2.75) is 6.92 Å².